The summed E-state index contributed by atoms with van der Waals surface area (Å²) in [5.41, 5.74) is 3.12. The Morgan fingerprint density at radius 1 is 0.926 bits per heavy atom. The largest absolute Gasteiger partial charge is 0.481 e. The summed E-state index contributed by atoms with van der Waals surface area (Å²) >= 11 is 0. The van der Waals surface area contributed by atoms with Crippen molar-refractivity contribution in [2.45, 2.75) is 26.0 Å². The molecule has 3 rings (SSSR count). The van der Waals surface area contributed by atoms with Crippen molar-refractivity contribution in [3.63, 3.8) is 0 Å². The van der Waals surface area contributed by atoms with E-state index in [0.29, 0.717) is 5.75 Å². The third-order valence-electron chi connectivity index (χ3n) is 4.41. The molecule has 0 spiro atoms. The monoisotopic (exact) mass is 363 g/mol. The smallest absolute Gasteiger partial charge is 0.261 e. The molecule has 0 fully saturated rings. The van der Waals surface area contributed by atoms with Crippen LogP contribution >= 0.6 is 0 Å². The van der Waals surface area contributed by atoms with Crippen LogP contribution in [0.4, 0.5) is 4.39 Å². The van der Waals surface area contributed by atoms with E-state index in [4.69, 9.17) is 4.74 Å². The van der Waals surface area contributed by atoms with Crippen molar-refractivity contribution in [2.75, 3.05) is 0 Å². The second-order valence-electron chi connectivity index (χ2n) is 6.42. The van der Waals surface area contributed by atoms with Crippen LogP contribution in [-0.4, -0.2) is 12.0 Å². The Kier molecular flexibility index (Phi) is 5.87. The molecule has 0 bridgehead atoms. The molecule has 0 radical (unpaired) electrons. The van der Waals surface area contributed by atoms with Gasteiger partial charge < -0.3 is 10.1 Å². The molecule has 0 aliphatic rings. The van der Waals surface area contributed by atoms with E-state index in [-0.39, 0.29) is 17.8 Å². The first-order valence-electron chi connectivity index (χ1n) is 8.87. The molecule has 27 heavy (non-hydrogen) atoms. The number of nitrogens with one attached hydrogen (secondary N) is 1. The molecule has 0 heterocycles. The van der Waals surface area contributed by atoms with Crippen molar-refractivity contribution in [3.05, 3.63) is 101 Å². The van der Waals surface area contributed by atoms with E-state index in [1.807, 2.05) is 61.5 Å². The zero-order valence-electron chi connectivity index (χ0n) is 15.4. The van der Waals surface area contributed by atoms with E-state index in [2.05, 4.69) is 5.32 Å². The van der Waals surface area contributed by atoms with Crippen LogP contribution in [0.2, 0.25) is 0 Å². The first-order chi connectivity index (χ1) is 13.0. The fourth-order valence-corrected chi connectivity index (χ4v) is 2.93. The number of carbonyl (C=O) groups excluding carboxylic acids is 1. The summed E-state index contributed by atoms with van der Waals surface area (Å²) in [5, 5.41) is 3.08. The Bertz CT molecular complexity index is 894. The highest BCUT2D eigenvalue weighted by Crippen LogP contribution is 2.25. The molecule has 4 heteroatoms. The van der Waals surface area contributed by atoms with Crippen LogP contribution in [0.5, 0.6) is 5.75 Å². The van der Waals surface area contributed by atoms with Crippen molar-refractivity contribution < 1.29 is 13.9 Å². The second-order valence-corrected chi connectivity index (χ2v) is 6.42. The van der Waals surface area contributed by atoms with E-state index < -0.39 is 6.10 Å². The van der Waals surface area contributed by atoms with E-state index in [0.717, 1.165) is 16.7 Å². The maximum Gasteiger partial charge on any atom is 0.261 e. The summed E-state index contributed by atoms with van der Waals surface area (Å²) in [6.07, 6.45) is -0.717. The van der Waals surface area contributed by atoms with Crippen LogP contribution in [0.3, 0.4) is 0 Å². The van der Waals surface area contributed by atoms with Gasteiger partial charge in [-0.25, -0.2) is 4.39 Å². The third-order valence-corrected chi connectivity index (χ3v) is 4.41. The van der Waals surface area contributed by atoms with E-state index in [1.54, 1.807) is 6.92 Å². The van der Waals surface area contributed by atoms with Gasteiger partial charge in [0.25, 0.3) is 5.91 Å². The highest BCUT2D eigenvalue weighted by molar-refractivity contribution is 5.81. The zero-order valence-corrected chi connectivity index (χ0v) is 15.4. The quantitative estimate of drug-likeness (QED) is 0.683. The minimum atomic E-state index is -0.717. The predicted molar refractivity (Wildman–Crippen MR) is 104 cm³/mol. The molecule has 0 saturated carbocycles. The van der Waals surface area contributed by atoms with Gasteiger partial charge in [-0.3, -0.25) is 4.79 Å². The van der Waals surface area contributed by atoms with Crippen molar-refractivity contribution in [3.8, 4) is 5.75 Å². The van der Waals surface area contributed by atoms with Gasteiger partial charge in [0.2, 0.25) is 0 Å². The number of hydrogen-bond acceptors (Lipinski definition) is 2. The first-order valence-corrected chi connectivity index (χ1v) is 8.87. The fraction of sp³-hybridized carbons (Fsp3) is 0.174. The maximum absolute atomic E-state index is 13.0. The van der Waals surface area contributed by atoms with Crippen LogP contribution in [0, 0.1) is 12.7 Å². The van der Waals surface area contributed by atoms with Crippen LogP contribution < -0.4 is 10.1 Å². The third kappa shape index (κ3) is 4.73. The Morgan fingerprint density at radius 3 is 2.22 bits per heavy atom. The van der Waals surface area contributed by atoms with Gasteiger partial charge in [0.1, 0.15) is 11.6 Å². The molecule has 0 aromatic heterocycles. The van der Waals surface area contributed by atoms with Gasteiger partial charge in [-0.15, -0.1) is 0 Å². The van der Waals surface area contributed by atoms with Gasteiger partial charge in [-0.05, 0) is 54.8 Å². The molecule has 0 aliphatic carbocycles. The van der Waals surface area contributed by atoms with Crippen molar-refractivity contribution in [1.29, 1.82) is 0 Å². The lowest BCUT2D eigenvalue weighted by Gasteiger charge is -2.24. The Balaban J connectivity index is 1.80. The summed E-state index contributed by atoms with van der Waals surface area (Å²) in [6, 6.07) is 23.1. The average Bonchev–Trinajstić information content (AvgIpc) is 2.69. The highest BCUT2D eigenvalue weighted by Gasteiger charge is 2.22. The number of rotatable bonds is 6. The Hall–Kier alpha value is -3.14. The van der Waals surface area contributed by atoms with E-state index in [9.17, 15) is 9.18 Å². The molecule has 1 N–H and O–H groups in total. The number of benzene rings is 3. The van der Waals surface area contributed by atoms with E-state index in [1.165, 1.54) is 24.3 Å². The molecule has 3 aromatic carbocycles. The first kappa shape index (κ1) is 18.6. The molecular formula is C23H22FNO2. The van der Waals surface area contributed by atoms with Gasteiger partial charge >= 0.3 is 0 Å². The van der Waals surface area contributed by atoms with Gasteiger partial charge in [0.15, 0.2) is 6.10 Å². The van der Waals surface area contributed by atoms with Crippen LogP contribution in [0.25, 0.3) is 0 Å². The number of ether oxygens (including phenoxy) is 1. The van der Waals surface area contributed by atoms with Crippen molar-refractivity contribution in [2.24, 2.45) is 0 Å². The number of halogens is 1. The lowest BCUT2D eigenvalue weighted by atomic mass is 9.95. The van der Waals surface area contributed by atoms with E-state index >= 15 is 0 Å². The highest BCUT2D eigenvalue weighted by atomic mass is 19.1. The van der Waals surface area contributed by atoms with Crippen LogP contribution in [0.15, 0.2) is 78.9 Å². The molecule has 138 valence electrons. The van der Waals surface area contributed by atoms with Gasteiger partial charge in [-0.2, -0.15) is 0 Å². The molecule has 0 unspecified atom stereocenters. The van der Waals surface area contributed by atoms with Gasteiger partial charge in [0.05, 0.1) is 6.04 Å². The topological polar surface area (TPSA) is 38.3 Å². The van der Waals surface area contributed by atoms with Crippen LogP contribution in [0.1, 0.15) is 29.7 Å². The summed E-state index contributed by atoms with van der Waals surface area (Å²) in [5.74, 6) is -0.134. The zero-order chi connectivity index (χ0) is 19.2. The molecule has 1 amide bonds. The minimum Gasteiger partial charge on any atom is -0.481 e. The Labute approximate surface area is 158 Å². The fourth-order valence-electron chi connectivity index (χ4n) is 2.93. The molecular weight excluding hydrogens is 341 g/mol. The van der Waals surface area contributed by atoms with Crippen molar-refractivity contribution in [1.82, 2.24) is 5.32 Å². The molecule has 0 saturated heterocycles. The lowest BCUT2D eigenvalue weighted by Crippen LogP contribution is -2.39. The Morgan fingerprint density at radius 2 is 1.56 bits per heavy atom. The normalized spacial score (nSPS) is 12.9. The molecule has 3 nitrogen and oxygen atoms in total. The standard InChI is InChI=1S/C23H22FNO2/c1-16-8-6-7-11-21(16)22(18-9-4-3-5-10-18)25-23(26)17(2)27-20-14-12-19(24)13-15-20/h3-15,17,22H,1-2H3,(H,25,26)/t17-,22+/m1/s1. The van der Waals surface area contributed by atoms with Gasteiger partial charge in [-0.1, -0.05) is 54.6 Å². The number of amides is 1. The van der Waals surface area contributed by atoms with Crippen molar-refractivity contribution >= 4 is 5.91 Å². The summed E-state index contributed by atoms with van der Waals surface area (Å²) < 4.78 is 18.7. The summed E-state index contributed by atoms with van der Waals surface area (Å²) in [6.45, 7) is 3.70. The summed E-state index contributed by atoms with van der Waals surface area (Å²) in [7, 11) is 0. The number of carbonyl (C=O) groups is 1. The maximum atomic E-state index is 13.0. The average molecular weight is 363 g/mol. The SMILES string of the molecule is Cc1ccccc1[C@@H](NC(=O)[C@@H](C)Oc1ccc(F)cc1)c1ccccc1. The second kappa shape index (κ2) is 8.49. The van der Waals surface area contributed by atoms with Crippen LogP contribution in [-0.2, 0) is 4.79 Å². The lowest BCUT2D eigenvalue weighted by molar-refractivity contribution is -0.127. The molecule has 3 aromatic rings. The van der Waals surface area contributed by atoms with Gasteiger partial charge in [0, 0.05) is 0 Å². The minimum absolute atomic E-state index is 0.239. The summed E-state index contributed by atoms with van der Waals surface area (Å²) in [4.78, 5) is 12.8. The predicted octanol–water partition coefficient (Wildman–Crippen LogP) is 4.81. The molecule has 2 atom stereocenters. The number of aryl methyl sites for hydroxylation is 1. The number of hydrogen-bond donors (Lipinski definition) is 1. The molecule has 0 aliphatic heterocycles.